The summed E-state index contributed by atoms with van der Waals surface area (Å²) in [7, 11) is 1.89. The molecule has 0 saturated carbocycles. The van der Waals surface area contributed by atoms with Crippen LogP contribution >= 0.6 is 0 Å². The highest BCUT2D eigenvalue weighted by Gasteiger charge is 2.09. The summed E-state index contributed by atoms with van der Waals surface area (Å²) in [6.45, 7) is 2.51. The predicted octanol–water partition coefficient (Wildman–Crippen LogP) is 2.63. The molecule has 1 heterocycles. The molecule has 0 saturated heterocycles. The van der Waals surface area contributed by atoms with Crippen molar-refractivity contribution in [1.82, 2.24) is 9.78 Å². The second-order valence-corrected chi connectivity index (χ2v) is 4.52. The van der Waals surface area contributed by atoms with Crippen molar-refractivity contribution < 1.29 is 9.94 Å². The van der Waals surface area contributed by atoms with Gasteiger partial charge in [0, 0.05) is 25.2 Å². The van der Waals surface area contributed by atoms with Crippen LogP contribution in [0.2, 0.25) is 0 Å². The molecule has 0 radical (unpaired) electrons. The summed E-state index contributed by atoms with van der Waals surface area (Å²) in [4.78, 5) is 0. The normalized spacial score (nSPS) is 11.6. The summed E-state index contributed by atoms with van der Waals surface area (Å²) in [5.41, 5.74) is 2.60. The quantitative estimate of drug-likeness (QED) is 0.500. The molecule has 0 atom stereocenters. The zero-order valence-electron chi connectivity index (χ0n) is 11.8. The van der Waals surface area contributed by atoms with Crippen LogP contribution in [-0.4, -0.2) is 27.3 Å². The summed E-state index contributed by atoms with van der Waals surface area (Å²) in [6.07, 6.45) is 5.25. The van der Waals surface area contributed by atoms with E-state index in [9.17, 15) is 0 Å². The standard InChI is InChI=1S/C15H19N3O2/c1-3-14(17-19)13-6-4-5-7-15(13)20-9-8-12-10-16-18(2)11-12/h4-7,10-11,19H,3,8-9H2,1-2H3/b17-14-. The smallest absolute Gasteiger partial charge is 0.128 e. The molecule has 106 valence electrons. The Balaban J connectivity index is 2.02. The molecule has 0 aliphatic carbocycles. The van der Waals surface area contributed by atoms with Crippen molar-refractivity contribution in [2.75, 3.05) is 6.61 Å². The summed E-state index contributed by atoms with van der Waals surface area (Å²) in [5.74, 6) is 0.742. The minimum atomic E-state index is 0.561. The highest BCUT2D eigenvalue weighted by molar-refractivity contribution is 6.02. The molecule has 2 rings (SSSR count). The number of benzene rings is 1. The molecule has 0 fully saturated rings. The van der Waals surface area contributed by atoms with Crippen LogP contribution in [0.25, 0.3) is 0 Å². The second kappa shape index (κ2) is 6.75. The first-order valence-corrected chi connectivity index (χ1v) is 6.65. The van der Waals surface area contributed by atoms with E-state index in [0.29, 0.717) is 18.7 Å². The Bertz CT molecular complexity index is 590. The van der Waals surface area contributed by atoms with E-state index >= 15 is 0 Å². The molecule has 1 aromatic carbocycles. The lowest BCUT2D eigenvalue weighted by molar-refractivity contribution is 0.313. The van der Waals surface area contributed by atoms with E-state index < -0.39 is 0 Å². The van der Waals surface area contributed by atoms with Crippen molar-refractivity contribution in [3.05, 3.63) is 47.8 Å². The van der Waals surface area contributed by atoms with Gasteiger partial charge in [-0.3, -0.25) is 4.68 Å². The van der Waals surface area contributed by atoms with Gasteiger partial charge in [0.25, 0.3) is 0 Å². The third kappa shape index (κ3) is 3.38. The monoisotopic (exact) mass is 273 g/mol. The maximum absolute atomic E-state index is 9.03. The van der Waals surface area contributed by atoms with E-state index in [-0.39, 0.29) is 0 Å². The Kier molecular flexibility index (Phi) is 4.76. The lowest BCUT2D eigenvalue weighted by Crippen LogP contribution is -2.06. The van der Waals surface area contributed by atoms with Gasteiger partial charge in [-0.15, -0.1) is 0 Å². The molecule has 2 aromatic rings. The van der Waals surface area contributed by atoms with Crippen molar-refractivity contribution in [1.29, 1.82) is 0 Å². The topological polar surface area (TPSA) is 59.6 Å². The van der Waals surface area contributed by atoms with Gasteiger partial charge in [0.1, 0.15) is 5.75 Å². The number of rotatable bonds is 6. The molecule has 0 aliphatic heterocycles. The van der Waals surface area contributed by atoms with E-state index in [4.69, 9.17) is 9.94 Å². The van der Waals surface area contributed by atoms with Crippen LogP contribution < -0.4 is 4.74 Å². The van der Waals surface area contributed by atoms with E-state index in [1.807, 2.05) is 50.6 Å². The molecule has 5 heteroatoms. The number of oxime groups is 1. The molecule has 1 aromatic heterocycles. The Labute approximate surface area is 118 Å². The van der Waals surface area contributed by atoms with Gasteiger partial charge in [-0.2, -0.15) is 5.10 Å². The van der Waals surface area contributed by atoms with Crippen molar-refractivity contribution in [3.63, 3.8) is 0 Å². The van der Waals surface area contributed by atoms with Crippen LogP contribution in [0.4, 0.5) is 0 Å². The first-order valence-electron chi connectivity index (χ1n) is 6.65. The number of aromatic nitrogens is 2. The van der Waals surface area contributed by atoms with Gasteiger partial charge < -0.3 is 9.94 Å². The third-order valence-corrected chi connectivity index (χ3v) is 3.06. The molecule has 5 nitrogen and oxygen atoms in total. The zero-order valence-corrected chi connectivity index (χ0v) is 11.8. The molecule has 0 spiro atoms. The van der Waals surface area contributed by atoms with Gasteiger partial charge in [0.15, 0.2) is 0 Å². The van der Waals surface area contributed by atoms with E-state index in [2.05, 4.69) is 10.3 Å². The van der Waals surface area contributed by atoms with E-state index in [0.717, 1.165) is 23.3 Å². The molecule has 1 N–H and O–H groups in total. The van der Waals surface area contributed by atoms with Crippen LogP contribution in [0.15, 0.2) is 41.8 Å². The van der Waals surface area contributed by atoms with Crippen LogP contribution in [-0.2, 0) is 13.5 Å². The van der Waals surface area contributed by atoms with Crippen molar-refractivity contribution in [2.24, 2.45) is 12.2 Å². The molecular formula is C15H19N3O2. The van der Waals surface area contributed by atoms with Gasteiger partial charge in [-0.25, -0.2) is 0 Å². The highest BCUT2D eigenvalue weighted by atomic mass is 16.5. The lowest BCUT2D eigenvalue weighted by atomic mass is 10.1. The van der Waals surface area contributed by atoms with Crippen LogP contribution in [0.5, 0.6) is 5.75 Å². The number of hydrogen-bond acceptors (Lipinski definition) is 4. The van der Waals surface area contributed by atoms with Gasteiger partial charge in [-0.05, 0) is 24.1 Å². The number of aryl methyl sites for hydroxylation is 1. The highest BCUT2D eigenvalue weighted by Crippen LogP contribution is 2.20. The molecule has 0 aliphatic rings. The SMILES string of the molecule is CC/C(=N/O)c1ccccc1OCCc1cnn(C)c1. The van der Waals surface area contributed by atoms with Gasteiger partial charge >= 0.3 is 0 Å². The average Bonchev–Trinajstić information content (AvgIpc) is 2.87. The van der Waals surface area contributed by atoms with Gasteiger partial charge in [0.05, 0.1) is 18.5 Å². The maximum atomic E-state index is 9.03. The Hall–Kier alpha value is -2.30. The minimum Gasteiger partial charge on any atom is -0.493 e. The first-order chi connectivity index (χ1) is 9.74. The number of nitrogens with zero attached hydrogens (tertiary/aromatic N) is 3. The summed E-state index contributed by atoms with van der Waals surface area (Å²) < 4.78 is 7.58. The van der Waals surface area contributed by atoms with Crippen molar-refractivity contribution in [3.8, 4) is 5.75 Å². The number of hydrogen-bond donors (Lipinski definition) is 1. The van der Waals surface area contributed by atoms with E-state index in [1.165, 1.54) is 0 Å². The minimum absolute atomic E-state index is 0.561. The lowest BCUT2D eigenvalue weighted by Gasteiger charge is -2.11. The van der Waals surface area contributed by atoms with Crippen LogP contribution in [0.3, 0.4) is 0 Å². The Morgan fingerprint density at radius 3 is 2.85 bits per heavy atom. The molecule has 20 heavy (non-hydrogen) atoms. The van der Waals surface area contributed by atoms with Crippen LogP contribution in [0, 0.1) is 0 Å². The largest absolute Gasteiger partial charge is 0.493 e. The second-order valence-electron chi connectivity index (χ2n) is 4.52. The fourth-order valence-electron chi connectivity index (χ4n) is 2.03. The first kappa shape index (κ1) is 14.1. The van der Waals surface area contributed by atoms with Crippen molar-refractivity contribution in [2.45, 2.75) is 19.8 Å². The zero-order chi connectivity index (χ0) is 14.4. The maximum Gasteiger partial charge on any atom is 0.128 e. The molecular weight excluding hydrogens is 254 g/mol. The summed E-state index contributed by atoms with van der Waals surface area (Å²) in [5, 5.41) is 16.5. The van der Waals surface area contributed by atoms with Gasteiger partial charge in [0.2, 0.25) is 0 Å². The Morgan fingerprint density at radius 2 is 2.20 bits per heavy atom. The Morgan fingerprint density at radius 1 is 1.40 bits per heavy atom. The third-order valence-electron chi connectivity index (χ3n) is 3.06. The number of ether oxygens (including phenoxy) is 1. The van der Waals surface area contributed by atoms with Crippen LogP contribution in [0.1, 0.15) is 24.5 Å². The summed E-state index contributed by atoms with van der Waals surface area (Å²) >= 11 is 0. The molecule has 0 unspecified atom stereocenters. The molecule has 0 bridgehead atoms. The van der Waals surface area contributed by atoms with Gasteiger partial charge in [-0.1, -0.05) is 24.2 Å². The molecule has 0 amide bonds. The number of para-hydroxylation sites is 1. The summed E-state index contributed by atoms with van der Waals surface area (Å²) in [6, 6.07) is 7.61. The average molecular weight is 273 g/mol. The fourth-order valence-corrected chi connectivity index (χ4v) is 2.03. The van der Waals surface area contributed by atoms with E-state index in [1.54, 1.807) is 4.68 Å². The van der Waals surface area contributed by atoms with Crippen molar-refractivity contribution >= 4 is 5.71 Å². The fraction of sp³-hybridized carbons (Fsp3) is 0.333. The predicted molar refractivity (Wildman–Crippen MR) is 77.5 cm³/mol.